The van der Waals surface area contributed by atoms with Gasteiger partial charge in [-0.2, -0.15) is 0 Å². The molecule has 0 radical (unpaired) electrons. The molecule has 0 aliphatic rings. The Kier molecular flexibility index (Phi) is 5.99. The molecule has 0 fully saturated rings. The molecule has 0 saturated heterocycles. The molecule has 0 bridgehead atoms. The molecule has 1 heterocycles. The largest absolute Gasteiger partial charge is 0.364 e. The molecule has 0 unspecified atom stereocenters. The molecule has 8 heteroatoms. The van der Waals surface area contributed by atoms with Crippen LogP contribution in [0.5, 0.6) is 0 Å². The maximum absolute atomic E-state index is 11.5. The summed E-state index contributed by atoms with van der Waals surface area (Å²) in [5.74, 6) is 0.716. The van der Waals surface area contributed by atoms with Gasteiger partial charge in [0.1, 0.15) is 6.33 Å². The molecule has 132 valence electrons. The fourth-order valence-corrected chi connectivity index (χ4v) is 2.18. The molecule has 2 N–H and O–H groups in total. The normalized spacial score (nSPS) is 10.6. The minimum atomic E-state index is -0.510. The molecular formula is C17H21N5O3. The van der Waals surface area contributed by atoms with Crippen LogP contribution in [0.25, 0.3) is 0 Å². The number of hydrogen-bond acceptors (Lipinski definition) is 7. The maximum Gasteiger partial charge on any atom is 0.353 e. The number of nitrogens with zero attached hydrogens (tertiary/aromatic N) is 3. The van der Waals surface area contributed by atoms with Crippen LogP contribution < -0.4 is 10.6 Å². The lowest BCUT2D eigenvalue weighted by Gasteiger charge is -2.11. The highest BCUT2D eigenvalue weighted by atomic mass is 16.6. The quantitative estimate of drug-likeness (QED) is 0.426. The van der Waals surface area contributed by atoms with Crippen LogP contribution in [0.4, 0.5) is 23.0 Å². The average Bonchev–Trinajstić information content (AvgIpc) is 2.55. The van der Waals surface area contributed by atoms with Crippen molar-refractivity contribution in [3.05, 3.63) is 46.3 Å². The molecule has 8 nitrogen and oxygen atoms in total. The molecule has 0 aliphatic heterocycles. The Morgan fingerprint density at radius 1 is 1.20 bits per heavy atom. The van der Waals surface area contributed by atoms with Gasteiger partial charge >= 0.3 is 5.69 Å². The van der Waals surface area contributed by atoms with Crippen LogP contribution in [0.3, 0.4) is 0 Å². The average molecular weight is 343 g/mol. The van der Waals surface area contributed by atoms with Crippen molar-refractivity contribution in [2.75, 3.05) is 17.2 Å². The second kappa shape index (κ2) is 8.18. The summed E-state index contributed by atoms with van der Waals surface area (Å²) in [7, 11) is 0. The van der Waals surface area contributed by atoms with Gasteiger partial charge in [-0.1, -0.05) is 13.8 Å². The van der Waals surface area contributed by atoms with Gasteiger partial charge in [0.05, 0.1) is 4.92 Å². The molecule has 1 aromatic heterocycles. The van der Waals surface area contributed by atoms with E-state index in [1.165, 1.54) is 13.3 Å². The summed E-state index contributed by atoms with van der Waals surface area (Å²) in [4.78, 5) is 30.3. The lowest BCUT2D eigenvalue weighted by Crippen LogP contribution is -2.10. The first kappa shape index (κ1) is 18.3. The smallest absolute Gasteiger partial charge is 0.353 e. The number of carbonyl (C=O) groups excluding carboxylic acids is 1. The van der Waals surface area contributed by atoms with Crippen LogP contribution in [0.15, 0.2) is 30.6 Å². The van der Waals surface area contributed by atoms with Gasteiger partial charge in [-0.3, -0.25) is 14.9 Å². The molecule has 0 saturated carbocycles. The fourth-order valence-electron chi connectivity index (χ4n) is 2.18. The molecule has 0 amide bonds. The van der Waals surface area contributed by atoms with Crippen LogP contribution in [-0.2, 0) is 0 Å². The second-order valence-corrected chi connectivity index (χ2v) is 6.04. The van der Waals surface area contributed by atoms with Crippen LogP contribution in [0.1, 0.15) is 37.6 Å². The highest BCUT2D eigenvalue weighted by molar-refractivity contribution is 5.94. The lowest BCUT2D eigenvalue weighted by atomic mass is 10.1. The Bertz CT molecular complexity index is 759. The Morgan fingerprint density at radius 3 is 2.40 bits per heavy atom. The summed E-state index contributed by atoms with van der Waals surface area (Å²) < 4.78 is 0. The summed E-state index contributed by atoms with van der Waals surface area (Å²) in [5, 5.41) is 17.4. The van der Waals surface area contributed by atoms with Gasteiger partial charge in [0.15, 0.2) is 5.78 Å². The first-order valence-corrected chi connectivity index (χ1v) is 7.99. The highest BCUT2D eigenvalue weighted by Gasteiger charge is 2.23. The summed E-state index contributed by atoms with van der Waals surface area (Å²) in [6.07, 6.45) is 2.15. The minimum absolute atomic E-state index is 0.0452. The fraction of sp³-hybridized carbons (Fsp3) is 0.353. The van der Waals surface area contributed by atoms with E-state index >= 15 is 0 Å². The van der Waals surface area contributed by atoms with Gasteiger partial charge in [0.25, 0.3) is 0 Å². The summed E-state index contributed by atoms with van der Waals surface area (Å²) in [6, 6.07) is 6.65. The summed E-state index contributed by atoms with van der Waals surface area (Å²) in [6.45, 7) is 6.22. The van der Waals surface area contributed by atoms with Crippen molar-refractivity contribution in [2.45, 2.75) is 27.2 Å². The number of aromatic nitrogens is 2. The number of carbonyl (C=O) groups is 1. The van der Waals surface area contributed by atoms with Gasteiger partial charge in [0.2, 0.25) is 11.6 Å². The third-order valence-corrected chi connectivity index (χ3v) is 3.57. The Labute approximate surface area is 145 Å². The van der Waals surface area contributed by atoms with E-state index in [0.29, 0.717) is 23.7 Å². The first-order chi connectivity index (χ1) is 11.9. The van der Waals surface area contributed by atoms with E-state index in [-0.39, 0.29) is 23.1 Å². The van der Waals surface area contributed by atoms with Crippen molar-refractivity contribution in [3.8, 4) is 0 Å². The Balaban J connectivity index is 2.24. The standard InChI is InChI=1S/C17H21N5O3/c1-11(2)8-9-18-16-15(22(24)25)17(20-10-19-16)21-14-6-4-13(5-7-14)12(3)23/h4-7,10-11H,8-9H2,1-3H3,(H2,18,19,20,21). The van der Waals surface area contributed by atoms with Gasteiger partial charge in [-0.05, 0) is 43.5 Å². The van der Waals surface area contributed by atoms with Gasteiger partial charge < -0.3 is 10.6 Å². The first-order valence-electron chi connectivity index (χ1n) is 7.99. The predicted molar refractivity (Wildman–Crippen MR) is 96.4 cm³/mol. The Hall–Kier alpha value is -3.03. The lowest BCUT2D eigenvalue weighted by molar-refractivity contribution is -0.383. The van der Waals surface area contributed by atoms with Crippen LogP contribution >= 0.6 is 0 Å². The molecule has 0 atom stereocenters. The molecule has 2 rings (SSSR count). The number of anilines is 3. The number of benzene rings is 1. The zero-order chi connectivity index (χ0) is 18.4. The molecule has 1 aromatic carbocycles. The van der Waals surface area contributed by atoms with Crippen molar-refractivity contribution in [1.82, 2.24) is 9.97 Å². The van der Waals surface area contributed by atoms with Crippen LogP contribution in [-0.4, -0.2) is 27.2 Å². The van der Waals surface area contributed by atoms with E-state index in [9.17, 15) is 14.9 Å². The van der Waals surface area contributed by atoms with E-state index < -0.39 is 4.92 Å². The number of hydrogen-bond donors (Lipinski definition) is 2. The third kappa shape index (κ3) is 4.97. The van der Waals surface area contributed by atoms with Gasteiger partial charge in [0, 0.05) is 17.8 Å². The van der Waals surface area contributed by atoms with E-state index in [2.05, 4.69) is 34.4 Å². The van der Waals surface area contributed by atoms with Gasteiger partial charge in [-0.15, -0.1) is 0 Å². The van der Waals surface area contributed by atoms with Crippen molar-refractivity contribution >= 4 is 28.8 Å². The maximum atomic E-state index is 11.5. The molecule has 25 heavy (non-hydrogen) atoms. The third-order valence-electron chi connectivity index (χ3n) is 3.57. The predicted octanol–water partition coefficient (Wildman–Crippen LogP) is 3.79. The summed E-state index contributed by atoms with van der Waals surface area (Å²) in [5.41, 5.74) is 0.959. The van der Waals surface area contributed by atoms with E-state index in [0.717, 1.165) is 6.42 Å². The Morgan fingerprint density at radius 2 is 1.84 bits per heavy atom. The number of rotatable bonds is 8. The van der Waals surface area contributed by atoms with E-state index in [1.54, 1.807) is 24.3 Å². The monoisotopic (exact) mass is 343 g/mol. The number of Topliss-reactive ketones (excluding diaryl/α,β-unsaturated/α-hetero) is 1. The van der Waals surface area contributed by atoms with Crippen molar-refractivity contribution in [1.29, 1.82) is 0 Å². The molecule has 2 aromatic rings. The topological polar surface area (TPSA) is 110 Å². The second-order valence-electron chi connectivity index (χ2n) is 6.04. The van der Waals surface area contributed by atoms with Crippen molar-refractivity contribution in [2.24, 2.45) is 5.92 Å². The molecular weight excluding hydrogens is 322 g/mol. The van der Waals surface area contributed by atoms with E-state index in [4.69, 9.17) is 0 Å². The zero-order valence-electron chi connectivity index (χ0n) is 14.4. The van der Waals surface area contributed by atoms with Crippen LogP contribution in [0, 0.1) is 16.0 Å². The highest BCUT2D eigenvalue weighted by Crippen LogP contribution is 2.31. The SMILES string of the molecule is CC(=O)c1ccc(Nc2ncnc(NCCC(C)C)c2[N+](=O)[O-])cc1. The van der Waals surface area contributed by atoms with Gasteiger partial charge in [-0.25, -0.2) is 9.97 Å². The van der Waals surface area contributed by atoms with Crippen molar-refractivity contribution in [3.63, 3.8) is 0 Å². The zero-order valence-corrected chi connectivity index (χ0v) is 14.4. The van der Waals surface area contributed by atoms with Crippen LogP contribution in [0.2, 0.25) is 0 Å². The minimum Gasteiger partial charge on any atom is -0.364 e. The number of ketones is 1. The van der Waals surface area contributed by atoms with Crippen molar-refractivity contribution < 1.29 is 9.72 Å². The number of nitro groups is 1. The van der Waals surface area contributed by atoms with E-state index in [1.807, 2.05) is 0 Å². The number of nitrogens with one attached hydrogen (secondary N) is 2. The molecule has 0 spiro atoms. The molecule has 0 aliphatic carbocycles. The summed E-state index contributed by atoms with van der Waals surface area (Å²) >= 11 is 0.